The Labute approximate surface area is 110 Å². The summed E-state index contributed by atoms with van der Waals surface area (Å²) in [6, 6.07) is 0. The first-order valence-corrected chi connectivity index (χ1v) is 7.25. The molecule has 0 saturated carbocycles. The predicted molar refractivity (Wildman–Crippen MR) is 71.4 cm³/mol. The van der Waals surface area contributed by atoms with Crippen LogP contribution in [0.4, 0.5) is 0 Å². The minimum Gasteiger partial charge on any atom is -0.466 e. The molecule has 0 aromatic carbocycles. The van der Waals surface area contributed by atoms with Crippen molar-refractivity contribution in [1.82, 2.24) is 4.90 Å². The van der Waals surface area contributed by atoms with Gasteiger partial charge in [0.15, 0.2) is 0 Å². The van der Waals surface area contributed by atoms with Crippen molar-refractivity contribution < 1.29 is 14.6 Å². The number of aliphatic hydroxyl groups excluding tert-OH is 1. The molecule has 1 rings (SSSR count). The summed E-state index contributed by atoms with van der Waals surface area (Å²) in [6.07, 6.45) is 6.06. The smallest absolute Gasteiger partial charge is 0.305 e. The van der Waals surface area contributed by atoms with Crippen LogP contribution in [0.2, 0.25) is 0 Å². The number of hydrogen-bond acceptors (Lipinski definition) is 4. The molecule has 1 fully saturated rings. The molecule has 0 radical (unpaired) electrons. The summed E-state index contributed by atoms with van der Waals surface area (Å²) in [5.74, 6) is 0.397. The van der Waals surface area contributed by atoms with E-state index in [1.165, 1.54) is 6.42 Å². The Balaban J connectivity index is 1.98. The molecule has 1 aliphatic rings. The molecule has 0 aromatic heterocycles. The number of ether oxygens (including phenoxy) is 1. The zero-order chi connectivity index (χ0) is 13.2. The fourth-order valence-corrected chi connectivity index (χ4v) is 2.52. The molecule has 1 saturated heterocycles. The van der Waals surface area contributed by atoms with Crippen LogP contribution < -0.4 is 0 Å². The Morgan fingerprint density at radius 3 is 2.94 bits per heavy atom. The molecule has 1 heterocycles. The van der Waals surface area contributed by atoms with Crippen LogP contribution in [0.1, 0.15) is 45.4 Å². The number of rotatable bonds is 8. The average molecular weight is 257 g/mol. The number of nitrogens with zero attached hydrogens (tertiary/aromatic N) is 1. The average Bonchev–Trinajstić information content (AvgIpc) is 2.39. The Bertz CT molecular complexity index is 233. The Kier molecular flexibility index (Phi) is 8.01. The minimum atomic E-state index is -0.0733. The van der Waals surface area contributed by atoms with Gasteiger partial charge >= 0.3 is 5.97 Å². The van der Waals surface area contributed by atoms with Gasteiger partial charge in [0.25, 0.3) is 0 Å². The van der Waals surface area contributed by atoms with Crippen molar-refractivity contribution in [2.24, 2.45) is 5.92 Å². The van der Waals surface area contributed by atoms with Crippen molar-refractivity contribution in [2.45, 2.75) is 45.4 Å². The van der Waals surface area contributed by atoms with E-state index in [-0.39, 0.29) is 5.97 Å². The number of carbonyl (C=O) groups is 1. The van der Waals surface area contributed by atoms with Crippen molar-refractivity contribution in [1.29, 1.82) is 0 Å². The number of aliphatic hydroxyl groups is 1. The van der Waals surface area contributed by atoms with E-state index in [9.17, 15) is 4.79 Å². The Morgan fingerprint density at radius 2 is 2.22 bits per heavy atom. The van der Waals surface area contributed by atoms with E-state index in [1.54, 1.807) is 0 Å². The van der Waals surface area contributed by atoms with Crippen LogP contribution >= 0.6 is 0 Å². The molecule has 0 amide bonds. The van der Waals surface area contributed by atoms with Gasteiger partial charge in [-0.3, -0.25) is 4.79 Å². The third-order valence-electron chi connectivity index (χ3n) is 3.52. The third-order valence-corrected chi connectivity index (χ3v) is 3.52. The molecule has 106 valence electrons. The maximum Gasteiger partial charge on any atom is 0.305 e. The van der Waals surface area contributed by atoms with E-state index >= 15 is 0 Å². The fourth-order valence-electron chi connectivity index (χ4n) is 2.52. The van der Waals surface area contributed by atoms with Gasteiger partial charge in [-0.2, -0.15) is 0 Å². The van der Waals surface area contributed by atoms with Crippen molar-refractivity contribution in [3.63, 3.8) is 0 Å². The highest BCUT2D eigenvalue weighted by atomic mass is 16.5. The summed E-state index contributed by atoms with van der Waals surface area (Å²) >= 11 is 0. The standard InChI is InChI=1S/C14H27NO3/c1-2-18-14(17)8-4-3-5-9-15-10-6-7-13(11-15)12-16/h13,16H,2-12H2,1H3. The van der Waals surface area contributed by atoms with Gasteiger partial charge in [0, 0.05) is 19.6 Å². The normalized spacial score (nSPS) is 20.9. The highest BCUT2D eigenvalue weighted by molar-refractivity contribution is 5.69. The largest absolute Gasteiger partial charge is 0.466 e. The van der Waals surface area contributed by atoms with Gasteiger partial charge in [-0.1, -0.05) is 6.42 Å². The van der Waals surface area contributed by atoms with Crippen LogP contribution in [0.3, 0.4) is 0 Å². The number of unbranched alkanes of at least 4 members (excludes halogenated alkanes) is 2. The molecule has 0 bridgehead atoms. The van der Waals surface area contributed by atoms with Crippen LogP contribution in [0.5, 0.6) is 0 Å². The molecule has 4 nitrogen and oxygen atoms in total. The summed E-state index contributed by atoms with van der Waals surface area (Å²) in [5, 5.41) is 9.15. The summed E-state index contributed by atoms with van der Waals surface area (Å²) in [5.41, 5.74) is 0. The van der Waals surface area contributed by atoms with Gasteiger partial charge in [0.05, 0.1) is 6.61 Å². The second kappa shape index (κ2) is 9.34. The lowest BCUT2D eigenvalue weighted by molar-refractivity contribution is -0.143. The van der Waals surface area contributed by atoms with Crippen LogP contribution in [-0.2, 0) is 9.53 Å². The molecule has 0 aromatic rings. The van der Waals surface area contributed by atoms with E-state index in [4.69, 9.17) is 9.84 Å². The van der Waals surface area contributed by atoms with E-state index in [0.717, 1.165) is 45.3 Å². The van der Waals surface area contributed by atoms with Gasteiger partial charge < -0.3 is 14.7 Å². The van der Waals surface area contributed by atoms with Crippen LogP contribution in [0.25, 0.3) is 0 Å². The molecular weight excluding hydrogens is 230 g/mol. The molecule has 1 aliphatic heterocycles. The maximum absolute atomic E-state index is 11.1. The lowest BCUT2D eigenvalue weighted by Gasteiger charge is -2.31. The fraction of sp³-hybridized carbons (Fsp3) is 0.929. The first-order chi connectivity index (χ1) is 8.76. The second-order valence-electron chi connectivity index (χ2n) is 5.11. The maximum atomic E-state index is 11.1. The first kappa shape index (κ1) is 15.4. The van der Waals surface area contributed by atoms with E-state index < -0.39 is 0 Å². The third kappa shape index (κ3) is 6.36. The Hall–Kier alpha value is -0.610. The zero-order valence-electron chi connectivity index (χ0n) is 11.6. The molecule has 18 heavy (non-hydrogen) atoms. The van der Waals surface area contributed by atoms with Gasteiger partial charge in [-0.25, -0.2) is 0 Å². The second-order valence-corrected chi connectivity index (χ2v) is 5.11. The van der Waals surface area contributed by atoms with Gasteiger partial charge in [0.2, 0.25) is 0 Å². The number of carbonyl (C=O) groups excluding carboxylic acids is 1. The van der Waals surface area contributed by atoms with Crippen LogP contribution in [-0.4, -0.2) is 48.8 Å². The van der Waals surface area contributed by atoms with Crippen LogP contribution in [0, 0.1) is 5.92 Å². The first-order valence-electron chi connectivity index (χ1n) is 7.25. The topological polar surface area (TPSA) is 49.8 Å². The van der Waals surface area contributed by atoms with Gasteiger partial charge in [-0.05, 0) is 51.6 Å². The van der Waals surface area contributed by atoms with Crippen molar-refractivity contribution >= 4 is 5.97 Å². The van der Waals surface area contributed by atoms with Crippen molar-refractivity contribution in [3.05, 3.63) is 0 Å². The van der Waals surface area contributed by atoms with Crippen molar-refractivity contribution in [3.8, 4) is 0 Å². The lowest BCUT2D eigenvalue weighted by atomic mass is 9.99. The molecule has 4 heteroatoms. The molecule has 0 aliphatic carbocycles. The number of piperidine rings is 1. The highest BCUT2D eigenvalue weighted by Gasteiger charge is 2.18. The van der Waals surface area contributed by atoms with Gasteiger partial charge in [-0.15, -0.1) is 0 Å². The molecule has 0 spiro atoms. The van der Waals surface area contributed by atoms with Crippen molar-refractivity contribution in [2.75, 3.05) is 32.8 Å². The summed E-state index contributed by atoms with van der Waals surface area (Å²) in [4.78, 5) is 13.6. The summed E-state index contributed by atoms with van der Waals surface area (Å²) in [7, 11) is 0. The quantitative estimate of drug-likeness (QED) is 0.532. The molecule has 1 N–H and O–H groups in total. The van der Waals surface area contributed by atoms with E-state index in [0.29, 0.717) is 25.6 Å². The van der Waals surface area contributed by atoms with E-state index in [2.05, 4.69) is 4.90 Å². The van der Waals surface area contributed by atoms with Crippen LogP contribution in [0.15, 0.2) is 0 Å². The molecule has 1 atom stereocenters. The summed E-state index contributed by atoms with van der Waals surface area (Å²) < 4.78 is 4.89. The SMILES string of the molecule is CCOC(=O)CCCCCN1CCCC(CO)C1. The highest BCUT2D eigenvalue weighted by Crippen LogP contribution is 2.16. The predicted octanol–water partition coefficient (Wildman–Crippen LogP) is 1.81. The number of esters is 1. The summed E-state index contributed by atoms with van der Waals surface area (Å²) in [6.45, 7) is 5.93. The molecular formula is C14H27NO3. The lowest BCUT2D eigenvalue weighted by Crippen LogP contribution is -2.37. The monoisotopic (exact) mass is 257 g/mol. The van der Waals surface area contributed by atoms with E-state index in [1.807, 2.05) is 6.92 Å². The van der Waals surface area contributed by atoms with Gasteiger partial charge in [0.1, 0.15) is 0 Å². The Morgan fingerprint density at radius 1 is 1.39 bits per heavy atom. The number of hydrogen-bond donors (Lipinski definition) is 1. The number of likely N-dealkylation sites (tertiary alicyclic amines) is 1. The minimum absolute atomic E-state index is 0.0733. The zero-order valence-corrected chi connectivity index (χ0v) is 11.6. The molecule has 1 unspecified atom stereocenters.